The number of anilines is 1. The zero-order chi connectivity index (χ0) is 31.7. The van der Waals surface area contributed by atoms with E-state index in [-0.39, 0.29) is 29.5 Å². The molecule has 8 nitrogen and oxygen atoms in total. The van der Waals surface area contributed by atoms with Gasteiger partial charge in [0.05, 0.1) is 17.7 Å². The average Bonchev–Trinajstić information content (AvgIpc) is 3.02. The number of benzene rings is 4. The molecule has 1 atom stereocenters. The van der Waals surface area contributed by atoms with E-state index in [1.807, 2.05) is 54.6 Å². The number of halogens is 2. The summed E-state index contributed by atoms with van der Waals surface area (Å²) in [5.41, 5.74) is 1.83. The SMILES string of the molecule is CCNC(=O)C(Cc1ccccc1)N(Cc1cccc(Br)c1)C(=O)CN(c1cccc(Cl)c1)S(=O)(=O)c1ccc(OC)cc1. The quantitative estimate of drug-likeness (QED) is 0.183. The molecule has 230 valence electrons. The fourth-order valence-electron chi connectivity index (χ4n) is 4.71. The molecule has 4 aromatic rings. The molecule has 1 N–H and O–H groups in total. The molecule has 0 heterocycles. The number of sulfonamides is 1. The molecule has 0 spiro atoms. The number of amides is 2. The van der Waals surface area contributed by atoms with E-state index in [1.54, 1.807) is 25.1 Å². The Kier molecular flexibility index (Phi) is 11.4. The first kappa shape index (κ1) is 33.0. The number of rotatable bonds is 13. The van der Waals surface area contributed by atoms with Crippen molar-refractivity contribution < 1.29 is 22.7 Å². The Bertz CT molecular complexity index is 1690. The van der Waals surface area contributed by atoms with E-state index in [0.717, 1.165) is 19.9 Å². The number of carbonyl (C=O) groups is 2. The summed E-state index contributed by atoms with van der Waals surface area (Å²) >= 11 is 9.75. The summed E-state index contributed by atoms with van der Waals surface area (Å²) in [6.45, 7) is 1.66. The lowest BCUT2D eigenvalue weighted by atomic mass is 10.0. The lowest BCUT2D eigenvalue weighted by molar-refractivity contribution is -0.140. The number of nitrogens with one attached hydrogen (secondary N) is 1. The van der Waals surface area contributed by atoms with E-state index in [1.165, 1.54) is 42.3 Å². The molecule has 4 rings (SSSR count). The predicted octanol–water partition coefficient (Wildman–Crippen LogP) is 6.08. The van der Waals surface area contributed by atoms with Crippen molar-refractivity contribution in [1.29, 1.82) is 0 Å². The standard InChI is InChI=1S/C33H33BrClN3O5S/c1-3-36-33(40)31(20-24-9-5-4-6-10-24)37(22-25-11-7-12-26(34)19-25)32(39)23-38(28-14-8-13-27(35)21-28)44(41,42)30-17-15-29(43-2)16-18-30/h4-19,21,31H,3,20,22-23H2,1-2H3,(H,36,40). The van der Waals surface area contributed by atoms with Gasteiger partial charge in [0.15, 0.2) is 0 Å². The molecular weight excluding hydrogens is 666 g/mol. The first-order valence-corrected chi connectivity index (χ1v) is 16.5. The van der Waals surface area contributed by atoms with Crippen LogP contribution in [0.25, 0.3) is 0 Å². The molecule has 0 aliphatic carbocycles. The Morgan fingerprint density at radius 1 is 0.909 bits per heavy atom. The lowest BCUT2D eigenvalue weighted by Crippen LogP contribution is -2.53. The summed E-state index contributed by atoms with van der Waals surface area (Å²) in [5.74, 6) is -0.415. The molecule has 0 fully saturated rings. The third kappa shape index (κ3) is 8.40. The minimum atomic E-state index is -4.26. The number of hydrogen-bond acceptors (Lipinski definition) is 5. The Hall–Kier alpha value is -3.86. The van der Waals surface area contributed by atoms with Crippen LogP contribution in [0.15, 0.2) is 112 Å². The summed E-state index contributed by atoms with van der Waals surface area (Å²) in [4.78, 5) is 29.4. The molecule has 0 bridgehead atoms. The fraction of sp³-hybridized carbons (Fsp3) is 0.212. The number of ether oxygens (including phenoxy) is 1. The van der Waals surface area contributed by atoms with Gasteiger partial charge in [0, 0.05) is 29.0 Å². The molecule has 1 unspecified atom stereocenters. The highest BCUT2D eigenvalue weighted by Gasteiger charge is 2.34. The van der Waals surface area contributed by atoms with Gasteiger partial charge in [0.2, 0.25) is 11.8 Å². The second-order valence-corrected chi connectivity index (χ2v) is 13.1. The third-order valence-electron chi connectivity index (χ3n) is 6.89. The normalized spacial score (nSPS) is 11.8. The van der Waals surface area contributed by atoms with Gasteiger partial charge >= 0.3 is 0 Å². The van der Waals surface area contributed by atoms with Gasteiger partial charge in [0.25, 0.3) is 10.0 Å². The van der Waals surface area contributed by atoms with E-state index in [4.69, 9.17) is 16.3 Å². The van der Waals surface area contributed by atoms with Crippen molar-refractivity contribution in [2.45, 2.75) is 30.8 Å². The summed E-state index contributed by atoms with van der Waals surface area (Å²) in [6, 6.07) is 28.1. The van der Waals surface area contributed by atoms with Crippen molar-refractivity contribution in [3.05, 3.63) is 124 Å². The fourth-order valence-corrected chi connectivity index (χ4v) is 6.75. The molecular formula is C33H33BrClN3O5S. The van der Waals surface area contributed by atoms with Gasteiger partial charge < -0.3 is 15.0 Å². The maximum absolute atomic E-state index is 14.4. The van der Waals surface area contributed by atoms with Crippen molar-refractivity contribution in [2.75, 3.05) is 24.5 Å². The second kappa shape index (κ2) is 15.2. The molecule has 0 saturated carbocycles. The zero-order valence-electron chi connectivity index (χ0n) is 24.3. The molecule has 0 aliphatic rings. The van der Waals surface area contributed by atoms with Crippen LogP contribution in [0.4, 0.5) is 5.69 Å². The number of likely N-dealkylation sites (N-methyl/N-ethyl adjacent to an activating group) is 1. The van der Waals surface area contributed by atoms with Gasteiger partial charge in [-0.25, -0.2) is 8.42 Å². The van der Waals surface area contributed by atoms with Crippen LogP contribution in [0.2, 0.25) is 5.02 Å². The first-order valence-electron chi connectivity index (χ1n) is 13.9. The smallest absolute Gasteiger partial charge is 0.264 e. The van der Waals surface area contributed by atoms with Crippen molar-refractivity contribution in [3.8, 4) is 5.75 Å². The number of methoxy groups -OCH3 is 1. The number of nitrogens with zero attached hydrogens (tertiary/aromatic N) is 2. The van der Waals surface area contributed by atoms with Gasteiger partial charge in [-0.05, 0) is 72.6 Å². The molecule has 0 aliphatic heterocycles. The van der Waals surface area contributed by atoms with Gasteiger partial charge in [0.1, 0.15) is 18.3 Å². The average molecular weight is 699 g/mol. The summed E-state index contributed by atoms with van der Waals surface area (Å²) < 4.78 is 35.2. The lowest BCUT2D eigenvalue weighted by Gasteiger charge is -2.34. The van der Waals surface area contributed by atoms with Crippen LogP contribution < -0.4 is 14.4 Å². The molecule has 0 radical (unpaired) electrons. The van der Waals surface area contributed by atoms with Gasteiger partial charge in [-0.1, -0.05) is 76.1 Å². The number of hydrogen-bond donors (Lipinski definition) is 1. The van der Waals surface area contributed by atoms with Gasteiger partial charge in [-0.15, -0.1) is 0 Å². The number of carbonyl (C=O) groups excluding carboxylic acids is 2. The second-order valence-electron chi connectivity index (χ2n) is 9.92. The summed E-state index contributed by atoms with van der Waals surface area (Å²) in [6.07, 6.45) is 0.231. The topological polar surface area (TPSA) is 96.0 Å². The highest BCUT2D eigenvalue weighted by Crippen LogP contribution is 2.28. The van der Waals surface area contributed by atoms with Gasteiger partial charge in [-0.3, -0.25) is 13.9 Å². The monoisotopic (exact) mass is 697 g/mol. The van der Waals surface area contributed by atoms with Crippen molar-refractivity contribution >= 4 is 55.1 Å². The minimum Gasteiger partial charge on any atom is -0.497 e. The molecule has 2 amide bonds. The van der Waals surface area contributed by atoms with E-state index in [0.29, 0.717) is 17.3 Å². The van der Waals surface area contributed by atoms with Gasteiger partial charge in [-0.2, -0.15) is 0 Å². The van der Waals surface area contributed by atoms with Crippen LogP contribution >= 0.6 is 27.5 Å². The Balaban J connectivity index is 1.79. The zero-order valence-corrected chi connectivity index (χ0v) is 27.5. The van der Waals surface area contributed by atoms with Crippen molar-refractivity contribution in [2.24, 2.45) is 0 Å². The Labute approximate surface area is 271 Å². The predicted molar refractivity (Wildman–Crippen MR) is 176 cm³/mol. The van der Waals surface area contributed by atoms with Crippen LogP contribution in [-0.4, -0.2) is 51.4 Å². The maximum Gasteiger partial charge on any atom is 0.264 e. The van der Waals surface area contributed by atoms with E-state index in [2.05, 4.69) is 21.2 Å². The van der Waals surface area contributed by atoms with Crippen LogP contribution in [0.5, 0.6) is 5.75 Å². The maximum atomic E-state index is 14.4. The molecule has 4 aromatic carbocycles. The van der Waals surface area contributed by atoms with E-state index >= 15 is 0 Å². The van der Waals surface area contributed by atoms with Crippen molar-refractivity contribution in [1.82, 2.24) is 10.2 Å². The summed E-state index contributed by atoms with van der Waals surface area (Å²) in [5, 5.41) is 3.16. The molecule has 44 heavy (non-hydrogen) atoms. The van der Waals surface area contributed by atoms with Crippen LogP contribution in [-0.2, 0) is 32.6 Å². The highest BCUT2D eigenvalue weighted by atomic mass is 79.9. The molecule has 0 aromatic heterocycles. The van der Waals surface area contributed by atoms with E-state index in [9.17, 15) is 18.0 Å². The third-order valence-corrected chi connectivity index (χ3v) is 9.40. The van der Waals surface area contributed by atoms with E-state index < -0.39 is 28.5 Å². The Morgan fingerprint density at radius 3 is 2.23 bits per heavy atom. The Morgan fingerprint density at radius 2 is 1.59 bits per heavy atom. The minimum absolute atomic E-state index is 0.0332. The highest BCUT2D eigenvalue weighted by molar-refractivity contribution is 9.10. The van der Waals surface area contributed by atoms with Crippen molar-refractivity contribution in [3.63, 3.8) is 0 Å². The summed E-state index contributed by atoms with van der Waals surface area (Å²) in [7, 11) is -2.77. The van der Waals surface area contributed by atoms with Crippen LogP contribution in [0, 0.1) is 0 Å². The molecule has 11 heteroatoms. The van der Waals surface area contributed by atoms with Crippen LogP contribution in [0.1, 0.15) is 18.1 Å². The largest absolute Gasteiger partial charge is 0.497 e. The first-order chi connectivity index (χ1) is 21.1. The van der Waals surface area contributed by atoms with Crippen LogP contribution in [0.3, 0.4) is 0 Å². The molecule has 0 saturated heterocycles.